The fourth-order valence-electron chi connectivity index (χ4n) is 1.21. The van der Waals surface area contributed by atoms with Crippen molar-refractivity contribution in [1.82, 2.24) is 4.90 Å². The van der Waals surface area contributed by atoms with Crippen LogP contribution in [0.5, 0.6) is 0 Å². The molecule has 2 amide bonds. The fraction of sp³-hybridized carbons (Fsp3) is 0.273. The molecule has 0 fully saturated rings. The summed E-state index contributed by atoms with van der Waals surface area (Å²) in [5.41, 5.74) is -0.168. The first-order chi connectivity index (χ1) is 8.23. The van der Waals surface area contributed by atoms with E-state index in [0.717, 1.165) is 0 Å². The molecule has 0 aliphatic carbocycles. The van der Waals surface area contributed by atoms with Crippen molar-refractivity contribution in [2.45, 2.75) is 6.18 Å². The van der Waals surface area contributed by atoms with E-state index in [9.17, 15) is 22.8 Å². The molecule has 98 valence electrons. The molecule has 0 radical (unpaired) electrons. The van der Waals surface area contributed by atoms with Gasteiger partial charge < -0.3 is 10.2 Å². The molecule has 1 aromatic rings. The minimum absolute atomic E-state index is 0.0000926. The van der Waals surface area contributed by atoms with Crippen molar-refractivity contribution in [2.24, 2.45) is 0 Å². The molecule has 0 aliphatic rings. The third-order valence-electron chi connectivity index (χ3n) is 2.07. The monoisotopic (exact) mass is 260 g/mol. The Morgan fingerprint density at radius 3 is 2.22 bits per heavy atom. The number of hydrogen-bond donors (Lipinski definition) is 1. The second-order valence-corrected chi connectivity index (χ2v) is 3.70. The molecule has 7 heteroatoms. The molecule has 0 saturated carbocycles. The number of benzene rings is 1. The van der Waals surface area contributed by atoms with Gasteiger partial charge in [0.15, 0.2) is 0 Å². The van der Waals surface area contributed by atoms with Gasteiger partial charge >= 0.3 is 12.1 Å². The lowest BCUT2D eigenvalue weighted by Crippen LogP contribution is -2.31. The Morgan fingerprint density at radius 2 is 1.72 bits per heavy atom. The highest BCUT2D eigenvalue weighted by molar-refractivity contribution is 6.04. The van der Waals surface area contributed by atoms with Gasteiger partial charge in [-0.15, -0.1) is 0 Å². The van der Waals surface area contributed by atoms with Crippen LogP contribution in [0, 0.1) is 0 Å². The molecular formula is C11H11F3N2O2. The van der Waals surface area contributed by atoms with Gasteiger partial charge in [-0.3, -0.25) is 9.59 Å². The molecule has 0 spiro atoms. The standard InChI is InChI=1S/C11H11F3N2O2/c1-16(2)9(17)7-5-3-4-6-8(7)15-10(18)11(12,13)14/h3-6H,1-2H3,(H,15,18). The predicted octanol–water partition coefficient (Wildman–Crippen LogP) is 1.89. The third-order valence-corrected chi connectivity index (χ3v) is 2.07. The number of nitrogens with one attached hydrogen (secondary N) is 1. The maximum atomic E-state index is 12.1. The number of alkyl halides is 3. The molecule has 0 aromatic heterocycles. The normalized spacial score (nSPS) is 10.9. The number of carbonyl (C=O) groups is 2. The first-order valence-electron chi connectivity index (χ1n) is 4.92. The number of anilines is 1. The van der Waals surface area contributed by atoms with Gasteiger partial charge in [-0.25, -0.2) is 0 Å². The van der Waals surface area contributed by atoms with Gasteiger partial charge in [-0.05, 0) is 12.1 Å². The number of para-hydroxylation sites is 1. The molecular weight excluding hydrogens is 249 g/mol. The SMILES string of the molecule is CN(C)C(=O)c1ccccc1NC(=O)C(F)(F)F. The molecule has 0 atom stereocenters. The van der Waals surface area contributed by atoms with E-state index in [2.05, 4.69) is 0 Å². The summed E-state index contributed by atoms with van der Waals surface area (Å²) in [6.45, 7) is 0. The molecule has 1 rings (SSSR count). The Balaban J connectivity index is 3.04. The van der Waals surface area contributed by atoms with Gasteiger partial charge in [-0.2, -0.15) is 13.2 Å². The quantitative estimate of drug-likeness (QED) is 0.882. The van der Waals surface area contributed by atoms with Crippen molar-refractivity contribution in [3.63, 3.8) is 0 Å². The van der Waals surface area contributed by atoms with Crippen LogP contribution in [0.15, 0.2) is 24.3 Å². The number of amides is 2. The minimum atomic E-state index is -4.99. The maximum absolute atomic E-state index is 12.1. The number of carbonyl (C=O) groups excluding carboxylic acids is 2. The van der Waals surface area contributed by atoms with Crippen LogP contribution in [0.4, 0.5) is 18.9 Å². The third kappa shape index (κ3) is 3.22. The van der Waals surface area contributed by atoms with Crippen LogP contribution >= 0.6 is 0 Å². The van der Waals surface area contributed by atoms with Crippen molar-refractivity contribution in [1.29, 1.82) is 0 Å². The van der Waals surface area contributed by atoms with Gasteiger partial charge in [0.1, 0.15) is 0 Å². The largest absolute Gasteiger partial charge is 0.471 e. The first-order valence-corrected chi connectivity index (χ1v) is 4.92. The van der Waals surface area contributed by atoms with E-state index in [-0.39, 0.29) is 11.3 Å². The lowest BCUT2D eigenvalue weighted by molar-refractivity contribution is -0.167. The predicted molar refractivity (Wildman–Crippen MR) is 59.1 cm³/mol. The molecule has 1 N–H and O–H groups in total. The molecule has 0 unspecified atom stereocenters. The highest BCUT2D eigenvalue weighted by atomic mass is 19.4. The van der Waals surface area contributed by atoms with Gasteiger partial charge in [0.2, 0.25) is 0 Å². The molecule has 0 heterocycles. The summed E-state index contributed by atoms with van der Waals surface area (Å²) in [5.74, 6) is -2.60. The van der Waals surface area contributed by atoms with E-state index in [4.69, 9.17) is 0 Å². The van der Waals surface area contributed by atoms with Crippen molar-refractivity contribution in [3.05, 3.63) is 29.8 Å². The number of halogens is 3. The summed E-state index contributed by atoms with van der Waals surface area (Å²) in [6.07, 6.45) is -4.99. The lowest BCUT2D eigenvalue weighted by atomic mass is 10.1. The summed E-state index contributed by atoms with van der Waals surface area (Å²) in [7, 11) is 2.93. The van der Waals surface area contributed by atoms with Crippen LogP contribution in [-0.4, -0.2) is 37.0 Å². The van der Waals surface area contributed by atoms with Gasteiger partial charge in [-0.1, -0.05) is 12.1 Å². The molecule has 0 aliphatic heterocycles. The summed E-state index contributed by atoms with van der Waals surface area (Å²) < 4.78 is 36.4. The van der Waals surface area contributed by atoms with E-state index in [1.165, 1.54) is 43.3 Å². The molecule has 0 saturated heterocycles. The van der Waals surface area contributed by atoms with Crippen LogP contribution in [-0.2, 0) is 4.79 Å². The summed E-state index contributed by atoms with van der Waals surface area (Å²) in [5, 5.41) is 1.67. The lowest BCUT2D eigenvalue weighted by Gasteiger charge is -2.15. The first kappa shape index (κ1) is 14.0. The smallest absolute Gasteiger partial charge is 0.345 e. The van der Waals surface area contributed by atoms with Crippen molar-refractivity contribution in [2.75, 3.05) is 19.4 Å². The van der Waals surface area contributed by atoms with E-state index >= 15 is 0 Å². The van der Waals surface area contributed by atoms with Crippen LogP contribution in [0.1, 0.15) is 10.4 Å². The molecule has 4 nitrogen and oxygen atoms in total. The zero-order chi connectivity index (χ0) is 13.9. The average Bonchev–Trinajstić information content (AvgIpc) is 2.27. The van der Waals surface area contributed by atoms with Crippen molar-refractivity contribution >= 4 is 17.5 Å². The van der Waals surface area contributed by atoms with Crippen LogP contribution in [0.3, 0.4) is 0 Å². The summed E-state index contributed by atoms with van der Waals surface area (Å²) >= 11 is 0. The zero-order valence-corrected chi connectivity index (χ0v) is 9.71. The Morgan fingerprint density at radius 1 is 1.17 bits per heavy atom. The van der Waals surface area contributed by atoms with E-state index in [1.807, 2.05) is 0 Å². The van der Waals surface area contributed by atoms with Crippen LogP contribution < -0.4 is 5.32 Å². The van der Waals surface area contributed by atoms with Gasteiger partial charge in [0.05, 0.1) is 11.3 Å². The van der Waals surface area contributed by atoms with Gasteiger partial charge in [0.25, 0.3) is 5.91 Å². The Labute approximate surface area is 101 Å². The number of rotatable bonds is 2. The van der Waals surface area contributed by atoms with E-state index in [1.54, 1.807) is 5.32 Å². The fourth-order valence-corrected chi connectivity index (χ4v) is 1.21. The topological polar surface area (TPSA) is 49.4 Å². The second kappa shape index (κ2) is 5.07. The van der Waals surface area contributed by atoms with Gasteiger partial charge in [0, 0.05) is 14.1 Å². The van der Waals surface area contributed by atoms with Crippen LogP contribution in [0.2, 0.25) is 0 Å². The van der Waals surface area contributed by atoms with E-state index < -0.39 is 18.0 Å². The Kier molecular flexibility index (Phi) is 3.95. The number of nitrogens with zero attached hydrogens (tertiary/aromatic N) is 1. The summed E-state index contributed by atoms with van der Waals surface area (Å²) in [6, 6.07) is 5.51. The number of hydrogen-bond acceptors (Lipinski definition) is 2. The van der Waals surface area contributed by atoms with E-state index in [0.29, 0.717) is 0 Å². The highest BCUT2D eigenvalue weighted by Crippen LogP contribution is 2.21. The average molecular weight is 260 g/mol. The summed E-state index contributed by atoms with van der Waals surface area (Å²) in [4.78, 5) is 23.7. The van der Waals surface area contributed by atoms with Crippen molar-refractivity contribution < 1.29 is 22.8 Å². The zero-order valence-electron chi connectivity index (χ0n) is 9.71. The van der Waals surface area contributed by atoms with Crippen LogP contribution in [0.25, 0.3) is 0 Å². The molecule has 0 bridgehead atoms. The maximum Gasteiger partial charge on any atom is 0.471 e. The Bertz CT molecular complexity index is 470. The second-order valence-electron chi connectivity index (χ2n) is 3.70. The van der Waals surface area contributed by atoms with Crippen molar-refractivity contribution in [3.8, 4) is 0 Å². The minimum Gasteiger partial charge on any atom is -0.345 e. The molecule has 1 aromatic carbocycles. The Hall–Kier alpha value is -2.05. The molecule has 18 heavy (non-hydrogen) atoms. The highest BCUT2D eigenvalue weighted by Gasteiger charge is 2.39.